The van der Waals surface area contributed by atoms with Crippen molar-refractivity contribution >= 4 is 0 Å². The molecule has 2 atom stereocenters. The van der Waals surface area contributed by atoms with Gasteiger partial charge in [-0.1, -0.05) is 49.1 Å². The lowest BCUT2D eigenvalue weighted by Gasteiger charge is -2.33. The Balaban J connectivity index is 1.48. The van der Waals surface area contributed by atoms with E-state index < -0.39 is 0 Å². The van der Waals surface area contributed by atoms with Crippen LogP contribution in [-0.2, 0) is 4.74 Å². The maximum atomic E-state index is 6.43. The van der Waals surface area contributed by atoms with Gasteiger partial charge in [0, 0.05) is 12.6 Å². The zero-order valence-electron chi connectivity index (χ0n) is 13.5. The summed E-state index contributed by atoms with van der Waals surface area (Å²) in [5.41, 5.74) is 2.94. The molecule has 0 aromatic heterocycles. The minimum atomic E-state index is 0.248. The second kappa shape index (κ2) is 6.50. The van der Waals surface area contributed by atoms with Crippen LogP contribution in [0.4, 0.5) is 0 Å². The number of aryl methyl sites for hydroxylation is 1. The molecule has 0 radical (unpaired) electrons. The van der Waals surface area contributed by atoms with Crippen LogP contribution in [0.1, 0.15) is 69.0 Å². The highest BCUT2D eigenvalue weighted by Gasteiger charge is 2.40. The first kappa shape index (κ1) is 15.1. The van der Waals surface area contributed by atoms with Crippen LogP contribution >= 0.6 is 0 Å². The van der Waals surface area contributed by atoms with E-state index in [1.54, 1.807) is 0 Å². The van der Waals surface area contributed by atoms with Gasteiger partial charge in [0.25, 0.3) is 0 Å². The van der Waals surface area contributed by atoms with Crippen molar-refractivity contribution in [2.75, 3.05) is 6.54 Å². The standard InChI is InChI=1S/C19H29NO/c1-15-6-8-17(9-7-15)16(2)20-14-18-10-13-19(21-18)11-4-3-5-12-19/h6-9,16,18,20H,3-5,10-14H2,1-2H3. The quantitative estimate of drug-likeness (QED) is 0.878. The van der Waals surface area contributed by atoms with E-state index in [1.807, 2.05) is 0 Å². The third-order valence-corrected chi connectivity index (χ3v) is 5.33. The molecule has 0 bridgehead atoms. The number of benzene rings is 1. The van der Waals surface area contributed by atoms with Crippen LogP contribution in [-0.4, -0.2) is 18.2 Å². The fourth-order valence-corrected chi connectivity index (χ4v) is 3.88. The molecule has 2 nitrogen and oxygen atoms in total. The van der Waals surface area contributed by atoms with Gasteiger partial charge in [-0.15, -0.1) is 0 Å². The molecule has 1 aliphatic carbocycles. The molecule has 116 valence electrons. The maximum Gasteiger partial charge on any atom is 0.0708 e. The lowest BCUT2D eigenvalue weighted by molar-refractivity contribution is -0.0628. The van der Waals surface area contributed by atoms with Crippen molar-refractivity contribution in [3.63, 3.8) is 0 Å². The van der Waals surface area contributed by atoms with Crippen molar-refractivity contribution in [1.29, 1.82) is 0 Å². The van der Waals surface area contributed by atoms with E-state index in [-0.39, 0.29) is 5.60 Å². The molecule has 1 spiro atoms. The number of nitrogens with one attached hydrogen (secondary N) is 1. The van der Waals surface area contributed by atoms with Crippen molar-refractivity contribution in [2.24, 2.45) is 0 Å². The van der Waals surface area contributed by atoms with Crippen LogP contribution in [0.25, 0.3) is 0 Å². The lowest BCUT2D eigenvalue weighted by atomic mass is 9.83. The van der Waals surface area contributed by atoms with Gasteiger partial charge in [-0.2, -0.15) is 0 Å². The van der Waals surface area contributed by atoms with Gasteiger partial charge in [0.2, 0.25) is 0 Å². The summed E-state index contributed by atoms with van der Waals surface area (Å²) in [6.45, 7) is 5.37. The largest absolute Gasteiger partial charge is 0.370 e. The van der Waals surface area contributed by atoms with E-state index >= 15 is 0 Å². The zero-order valence-corrected chi connectivity index (χ0v) is 13.5. The molecule has 2 aliphatic rings. The van der Waals surface area contributed by atoms with Gasteiger partial charge < -0.3 is 10.1 Å². The second-order valence-electron chi connectivity index (χ2n) is 7.06. The van der Waals surface area contributed by atoms with Gasteiger partial charge in [0.1, 0.15) is 0 Å². The fourth-order valence-electron chi connectivity index (χ4n) is 3.88. The first-order chi connectivity index (χ1) is 10.2. The number of rotatable bonds is 4. The summed E-state index contributed by atoms with van der Waals surface area (Å²) in [5, 5.41) is 3.66. The molecule has 2 fully saturated rings. The van der Waals surface area contributed by atoms with E-state index in [4.69, 9.17) is 4.74 Å². The van der Waals surface area contributed by atoms with Gasteiger partial charge in [0.05, 0.1) is 11.7 Å². The summed E-state index contributed by atoms with van der Waals surface area (Å²) < 4.78 is 6.43. The first-order valence-corrected chi connectivity index (χ1v) is 8.65. The van der Waals surface area contributed by atoms with Gasteiger partial charge in [-0.3, -0.25) is 0 Å². The Labute approximate surface area is 129 Å². The maximum absolute atomic E-state index is 6.43. The lowest BCUT2D eigenvalue weighted by Crippen LogP contribution is -2.35. The molecule has 1 N–H and O–H groups in total. The van der Waals surface area contributed by atoms with Gasteiger partial charge >= 0.3 is 0 Å². The Morgan fingerprint density at radius 3 is 2.57 bits per heavy atom. The highest BCUT2D eigenvalue weighted by molar-refractivity contribution is 5.23. The minimum Gasteiger partial charge on any atom is -0.370 e. The van der Waals surface area contributed by atoms with Crippen molar-refractivity contribution in [3.05, 3.63) is 35.4 Å². The van der Waals surface area contributed by atoms with Gasteiger partial charge in [-0.05, 0) is 45.1 Å². The van der Waals surface area contributed by atoms with Gasteiger partial charge in [0.15, 0.2) is 0 Å². The summed E-state index contributed by atoms with van der Waals surface area (Å²) in [7, 11) is 0. The van der Waals surface area contributed by atoms with Crippen LogP contribution in [0.3, 0.4) is 0 Å². The molecule has 2 heteroatoms. The van der Waals surface area contributed by atoms with Crippen LogP contribution < -0.4 is 5.32 Å². The Morgan fingerprint density at radius 1 is 1.14 bits per heavy atom. The molecular formula is C19H29NO. The van der Waals surface area contributed by atoms with E-state index in [1.165, 1.54) is 56.1 Å². The van der Waals surface area contributed by atoms with Crippen LogP contribution in [0.15, 0.2) is 24.3 Å². The third-order valence-electron chi connectivity index (χ3n) is 5.33. The Bertz CT molecular complexity index is 447. The molecule has 1 saturated heterocycles. The van der Waals surface area contributed by atoms with E-state index in [0.29, 0.717) is 12.1 Å². The molecule has 0 amide bonds. The van der Waals surface area contributed by atoms with Crippen LogP contribution in [0, 0.1) is 6.92 Å². The molecule has 1 aromatic rings. The predicted molar refractivity (Wildman–Crippen MR) is 87.5 cm³/mol. The molecule has 3 rings (SSSR count). The average molecular weight is 287 g/mol. The summed E-state index contributed by atoms with van der Waals surface area (Å²) in [4.78, 5) is 0. The molecule has 1 saturated carbocycles. The molecular weight excluding hydrogens is 258 g/mol. The van der Waals surface area contributed by atoms with E-state index in [9.17, 15) is 0 Å². The Kier molecular flexibility index (Phi) is 4.66. The summed E-state index contributed by atoms with van der Waals surface area (Å²) >= 11 is 0. The molecule has 1 aliphatic heterocycles. The van der Waals surface area contributed by atoms with Crippen molar-refractivity contribution < 1.29 is 4.74 Å². The fraction of sp³-hybridized carbons (Fsp3) is 0.684. The first-order valence-electron chi connectivity index (χ1n) is 8.65. The summed E-state index contributed by atoms with van der Waals surface area (Å²) in [5.74, 6) is 0. The summed E-state index contributed by atoms with van der Waals surface area (Å²) in [6, 6.07) is 9.24. The van der Waals surface area contributed by atoms with Gasteiger partial charge in [-0.25, -0.2) is 0 Å². The second-order valence-corrected chi connectivity index (χ2v) is 7.06. The molecule has 21 heavy (non-hydrogen) atoms. The van der Waals surface area contributed by atoms with Crippen LogP contribution in [0.2, 0.25) is 0 Å². The monoisotopic (exact) mass is 287 g/mol. The zero-order chi connectivity index (χ0) is 14.7. The van der Waals surface area contributed by atoms with Crippen molar-refractivity contribution in [2.45, 2.75) is 76.5 Å². The highest BCUT2D eigenvalue weighted by Crippen LogP contribution is 2.41. The topological polar surface area (TPSA) is 21.3 Å². The number of ether oxygens (including phenoxy) is 1. The predicted octanol–water partition coefficient (Wildman–Crippen LogP) is 4.53. The van der Waals surface area contributed by atoms with Crippen molar-refractivity contribution in [1.82, 2.24) is 5.32 Å². The highest BCUT2D eigenvalue weighted by atomic mass is 16.5. The normalized spacial score (nSPS) is 26.1. The average Bonchev–Trinajstić information content (AvgIpc) is 2.89. The van der Waals surface area contributed by atoms with Crippen molar-refractivity contribution in [3.8, 4) is 0 Å². The van der Waals surface area contributed by atoms with E-state index in [2.05, 4.69) is 43.4 Å². The summed E-state index contributed by atoms with van der Waals surface area (Å²) in [6.07, 6.45) is 9.62. The Hall–Kier alpha value is -0.860. The SMILES string of the molecule is Cc1ccc(C(C)NCC2CCC3(CCCCC3)O2)cc1. The molecule has 1 heterocycles. The smallest absolute Gasteiger partial charge is 0.0708 e. The number of hydrogen-bond acceptors (Lipinski definition) is 2. The molecule has 2 unspecified atom stereocenters. The minimum absolute atomic E-state index is 0.248. The molecule has 1 aromatic carbocycles. The Morgan fingerprint density at radius 2 is 1.86 bits per heavy atom. The van der Waals surface area contributed by atoms with E-state index in [0.717, 1.165) is 6.54 Å². The third kappa shape index (κ3) is 3.67. The van der Waals surface area contributed by atoms with Crippen LogP contribution in [0.5, 0.6) is 0 Å². The number of hydrogen-bond donors (Lipinski definition) is 1.